The molecule has 2 aromatic heterocycles. The fourth-order valence-electron chi connectivity index (χ4n) is 2.11. The number of nitrogen functional groups attached to an aromatic ring is 1. The average Bonchev–Trinajstić information content (AvgIpc) is 2.88. The number of rotatable bonds is 2. The summed E-state index contributed by atoms with van der Waals surface area (Å²) >= 11 is 0. The molecule has 0 bridgehead atoms. The summed E-state index contributed by atoms with van der Waals surface area (Å²) in [6, 6.07) is 10.1. The summed E-state index contributed by atoms with van der Waals surface area (Å²) in [7, 11) is 1.93. The topological polar surface area (TPSA) is 48.8 Å². The lowest BCUT2D eigenvalue weighted by Gasteiger charge is -2.03. The standard InChI is InChI=1S/C13H14N4/c1-16-7-5-10(15-16)9-17-8-6-11-12(14)3-2-4-13(11)17/h2-8H,9,14H2,1H3. The summed E-state index contributed by atoms with van der Waals surface area (Å²) in [5, 5.41) is 5.48. The summed E-state index contributed by atoms with van der Waals surface area (Å²) in [6.45, 7) is 0.772. The number of aryl methyl sites for hydroxylation is 1. The predicted molar refractivity (Wildman–Crippen MR) is 68.7 cm³/mol. The second-order valence-electron chi connectivity index (χ2n) is 4.20. The molecule has 0 radical (unpaired) electrons. The van der Waals surface area contributed by atoms with E-state index in [4.69, 9.17) is 5.73 Å². The molecule has 2 heterocycles. The zero-order valence-corrected chi connectivity index (χ0v) is 9.67. The van der Waals surface area contributed by atoms with Gasteiger partial charge in [0.25, 0.3) is 0 Å². The van der Waals surface area contributed by atoms with Crippen LogP contribution in [0.5, 0.6) is 0 Å². The molecule has 0 fully saturated rings. The Labute approximate surface area is 99.3 Å². The van der Waals surface area contributed by atoms with E-state index in [-0.39, 0.29) is 0 Å². The number of nitrogens with zero attached hydrogens (tertiary/aromatic N) is 3. The van der Waals surface area contributed by atoms with Crippen LogP contribution in [0.25, 0.3) is 10.9 Å². The third-order valence-corrected chi connectivity index (χ3v) is 2.95. The van der Waals surface area contributed by atoms with Crippen LogP contribution in [-0.4, -0.2) is 14.3 Å². The molecular formula is C13H14N4. The maximum absolute atomic E-state index is 5.93. The molecule has 0 atom stereocenters. The lowest BCUT2D eigenvalue weighted by atomic mass is 10.2. The lowest BCUT2D eigenvalue weighted by molar-refractivity contribution is 0.716. The molecule has 86 valence electrons. The third-order valence-electron chi connectivity index (χ3n) is 2.95. The van der Waals surface area contributed by atoms with Gasteiger partial charge in [-0.1, -0.05) is 6.07 Å². The van der Waals surface area contributed by atoms with E-state index >= 15 is 0 Å². The summed E-state index contributed by atoms with van der Waals surface area (Å²) in [4.78, 5) is 0. The molecule has 0 saturated carbocycles. The Morgan fingerprint density at radius 1 is 1.18 bits per heavy atom. The van der Waals surface area contributed by atoms with Crippen molar-refractivity contribution in [3.63, 3.8) is 0 Å². The highest BCUT2D eigenvalue weighted by Crippen LogP contribution is 2.22. The van der Waals surface area contributed by atoms with E-state index in [0.717, 1.165) is 28.8 Å². The van der Waals surface area contributed by atoms with Crippen LogP contribution < -0.4 is 5.73 Å². The van der Waals surface area contributed by atoms with Gasteiger partial charge in [0.15, 0.2) is 0 Å². The largest absolute Gasteiger partial charge is 0.398 e. The number of hydrogen-bond donors (Lipinski definition) is 1. The van der Waals surface area contributed by atoms with Crippen LogP contribution in [0.1, 0.15) is 5.69 Å². The van der Waals surface area contributed by atoms with Crippen molar-refractivity contribution in [1.29, 1.82) is 0 Å². The Bertz CT molecular complexity index is 663. The molecule has 0 unspecified atom stereocenters. The zero-order valence-electron chi connectivity index (χ0n) is 9.67. The Morgan fingerprint density at radius 2 is 2.06 bits per heavy atom. The van der Waals surface area contributed by atoms with Gasteiger partial charge in [0.1, 0.15) is 0 Å². The SMILES string of the molecule is Cn1ccc(Cn2ccc3c(N)cccc32)n1. The quantitative estimate of drug-likeness (QED) is 0.679. The van der Waals surface area contributed by atoms with Gasteiger partial charge in [0.2, 0.25) is 0 Å². The Kier molecular flexibility index (Phi) is 2.14. The summed E-state index contributed by atoms with van der Waals surface area (Å²) < 4.78 is 3.98. The third kappa shape index (κ3) is 1.67. The molecule has 3 aromatic rings. The van der Waals surface area contributed by atoms with E-state index in [1.165, 1.54) is 0 Å². The first-order valence-electron chi connectivity index (χ1n) is 5.56. The maximum Gasteiger partial charge on any atom is 0.0821 e. The first-order valence-corrected chi connectivity index (χ1v) is 5.56. The van der Waals surface area contributed by atoms with Gasteiger partial charge in [-0.05, 0) is 24.3 Å². The number of nitrogens with two attached hydrogens (primary N) is 1. The highest BCUT2D eigenvalue weighted by atomic mass is 15.3. The minimum absolute atomic E-state index is 0.772. The van der Waals surface area contributed by atoms with Gasteiger partial charge in [-0.25, -0.2) is 0 Å². The molecule has 0 spiro atoms. The monoisotopic (exact) mass is 226 g/mol. The first kappa shape index (κ1) is 9.96. The van der Waals surface area contributed by atoms with Crippen LogP contribution in [-0.2, 0) is 13.6 Å². The summed E-state index contributed by atoms with van der Waals surface area (Å²) in [5.41, 5.74) is 8.95. The molecule has 4 nitrogen and oxygen atoms in total. The maximum atomic E-state index is 5.93. The normalized spacial score (nSPS) is 11.1. The fourth-order valence-corrected chi connectivity index (χ4v) is 2.11. The van der Waals surface area contributed by atoms with Gasteiger partial charge in [-0.15, -0.1) is 0 Å². The highest BCUT2D eigenvalue weighted by molar-refractivity contribution is 5.91. The van der Waals surface area contributed by atoms with Crippen LogP contribution in [0.15, 0.2) is 42.7 Å². The molecular weight excluding hydrogens is 212 g/mol. The zero-order chi connectivity index (χ0) is 11.8. The van der Waals surface area contributed by atoms with Crippen LogP contribution in [0.3, 0.4) is 0 Å². The number of aromatic nitrogens is 3. The van der Waals surface area contributed by atoms with Crippen molar-refractivity contribution in [2.75, 3.05) is 5.73 Å². The fraction of sp³-hybridized carbons (Fsp3) is 0.154. The minimum Gasteiger partial charge on any atom is -0.398 e. The van der Waals surface area contributed by atoms with E-state index in [0.29, 0.717) is 0 Å². The van der Waals surface area contributed by atoms with Crippen molar-refractivity contribution in [1.82, 2.24) is 14.3 Å². The van der Waals surface area contributed by atoms with Gasteiger partial charge in [0, 0.05) is 30.5 Å². The number of anilines is 1. The van der Waals surface area contributed by atoms with E-state index in [9.17, 15) is 0 Å². The predicted octanol–water partition coefficient (Wildman–Crippen LogP) is 2.01. The molecule has 4 heteroatoms. The van der Waals surface area contributed by atoms with E-state index < -0.39 is 0 Å². The molecule has 0 aliphatic heterocycles. The molecule has 17 heavy (non-hydrogen) atoms. The van der Waals surface area contributed by atoms with Crippen molar-refractivity contribution in [2.24, 2.45) is 7.05 Å². The molecule has 0 aliphatic rings. The van der Waals surface area contributed by atoms with Crippen molar-refractivity contribution in [3.8, 4) is 0 Å². The molecule has 0 saturated heterocycles. The molecule has 2 N–H and O–H groups in total. The molecule has 0 aliphatic carbocycles. The molecule has 3 rings (SSSR count). The van der Waals surface area contributed by atoms with Crippen molar-refractivity contribution < 1.29 is 0 Å². The Balaban J connectivity index is 2.04. The van der Waals surface area contributed by atoms with Crippen LogP contribution in [0.4, 0.5) is 5.69 Å². The molecule has 1 aromatic carbocycles. The van der Waals surface area contributed by atoms with Crippen LogP contribution in [0.2, 0.25) is 0 Å². The Morgan fingerprint density at radius 3 is 2.82 bits per heavy atom. The van der Waals surface area contributed by atoms with E-state index in [2.05, 4.69) is 21.9 Å². The summed E-state index contributed by atoms with van der Waals surface area (Å²) in [6.07, 6.45) is 4.01. The van der Waals surface area contributed by atoms with Crippen molar-refractivity contribution in [3.05, 3.63) is 48.4 Å². The average molecular weight is 226 g/mol. The van der Waals surface area contributed by atoms with Gasteiger partial charge in [-0.3, -0.25) is 4.68 Å². The van der Waals surface area contributed by atoms with Crippen molar-refractivity contribution >= 4 is 16.6 Å². The van der Waals surface area contributed by atoms with Gasteiger partial charge in [-0.2, -0.15) is 5.10 Å². The summed E-state index contributed by atoms with van der Waals surface area (Å²) in [5.74, 6) is 0. The van der Waals surface area contributed by atoms with Crippen molar-refractivity contribution in [2.45, 2.75) is 6.54 Å². The number of hydrogen-bond acceptors (Lipinski definition) is 2. The van der Waals surface area contributed by atoms with E-state index in [1.54, 1.807) is 0 Å². The molecule has 0 amide bonds. The first-order chi connectivity index (χ1) is 8.24. The van der Waals surface area contributed by atoms with Crippen LogP contribution in [0, 0.1) is 0 Å². The highest BCUT2D eigenvalue weighted by Gasteiger charge is 2.05. The second kappa shape index (κ2) is 3.66. The van der Waals surface area contributed by atoms with Gasteiger partial charge in [0.05, 0.1) is 17.8 Å². The lowest BCUT2D eigenvalue weighted by Crippen LogP contribution is -2.00. The second-order valence-corrected chi connectivity index (χ2v) is 4.20. The van der Waals surface area contributed by atoms with E-state index in [1.807, 2.05) is 42.2 Å². The minimum atomic E-state index is 0.772. The van der Waals surface area contributed by atoms with Crippen LogP contribution >= 0.6 is 0 Å². The number of fused-ring (bicyclic) bond motifs is 1. The van der Waals surface area contributed by atoms with Gasteiger partial charge >= 0.3 is 0 Å². The Hall–Kier alpha value is -2.23. The number of benzene rings is 1. The van der Waals surface area contributed by atoms with Gasteiger partial charge < -0.3 is 10.3 Å². The smallest absolute Gasteiger partial charge is 0.0821 e.